The van der Waals surface area contributed by atoms with Crippen molar-refractivity contribution in [1.82, 2.24) is 30.5 Å². The lowest BCUT2D eigenvalue weighted by atomic mass is 10.2. The van der Waals surface area contributed by atoms with Crippen LogP contribution in [-0.2, 0) is 6.42 Å². The van der Waals surface area contributed by atoms with Gasteiger partial charge in [0.05, 0.1) is 11.2 Å². The van der Waals surface area contributed by atoms with Gasteiger partial charge >= 0.3 is 0 Å². The van der Waals surface area contributed by atoms with E-state index in [0.717, 1.165) is 18.7 Å². The van der Waals surface area contributed by atoms with Gasteiger partial charge in [-0.05, 0) is 6.42 Å². The summed E-state index contributed by atoms with van der Waals surface area (Å²) in [4.78, 5) is 24.4. The number of nitrogens with one attached hydrogen (secondary N) is 2. The Morgan fingerprint density at radius 1 is 1.43 bits per heavy atom. The number of rotatable bonds is 6. The Hall–Kier alpha value is -2.02. The summed E-state index contributed by atoms with van der Waals surface area (Å²) in [6.07, 6.45) is 4.39. The molecule has 0 aliphatic heterocycles. The molecule has 0 fully saturated rings. The Morgan fingerprint density at radius 2 is 2.24 bits per heavy atom. The zero-order valence-electron chi connectivity index (χ0n) is 11.9. The standard InChI is InChI=1S/C13H17ClN6O/c1-8(2)12-16-6-9(14)11(19-12)13(21)15-5-3-4-10-17-7-18-20-10/h6-8H,3-5H2,1-2H3,(H,15,21)(H,17,18,20). The zero-order chi connectivity index (χ0) is 15.2. The van der Waals surface area contributed by atoms with Crippen molar-refractivity contribution < 1.29 is 4.79 Å². The van der Waals surface area contributed by atoms with Gasteiger partial charge in [0.2, 0.25) is 0 Å². The molecular formula is C13H17ClN6O. The van der Waals surface area contributed by atoms with Gasteiger partial charge in [-0.1, -0.05) is 25.4 Å². The Bertz CT molecular complexity index is 599. The molecule has 2 aromatic rings. The predicted molar refractivity (Wildman–Crippen MR) is 78.2 cm³/mol. The first-order chi connectivity index (χ1) is 10.1. The summed E-state index contributed by atoms with van der Waals surface area (Å²) >= 11 is 5.98. The van der Waals surface area contributed by atoms with E-state index in [1.807, 2.05) is 13.8 Å². The number of carbonyl (C=O) groups excluding carboxylic acids is 1. The van der Waals surface area contributed by atoms with Crippen molar-refractivity contribution in [3.05, 3.63) is 34.9 Å². The molecule has 8 heteroatoms. The third kappa shape index (κ3) is 4.22. The smallest absolute Gasteiger partial charge is 0.271 e. The molecule has 0 atom stereocenters. The normalized spacial score (nSPS) is 10.9. The number of aromatic amines is 1. The van der Waals surface area contributed by atoms with Crippen LogP contribution in [0.5, 0.6) is 0 Å². The van der Waals surface area contributed by atoms with Gasteiger partial charge in [-0.2, -0.15) is 5.10 Å². The molecule has 21 heavy (non-hydrogen) atoms. The first kappa shape index (κ1) is 15.4. The number of aryl methyl sites for hydroxylation is 1. The minimum Gasteiger partial charge on any atom is -0.351 e. The maximum absolute atomic E-state index is 12.1. The average Bonchev–Trinajstić information content (AvgIpc) is 2.96. The van der Waals surface area contributed by atoms with Crippen LogP contribution in [-0.4, -0.2) is 37.6 Å². The molecule has 2 N–H and O–H groups in total. The van der Waals surface area contributed by atoms with Crippen molar-refractivity contribution in [2.45, 2.75) is 32.6 Å². The summed E-state index contributed by atoms with van der Waals surface area (Å²) in [5, 5.41) is 9.58. The first-order valence-electron chi connectivity index (χ1n) is 6.72. The molecule has 0 radical (unpaired) electrons. The lowest BCUT2D eigenvalue weighted by Crippen LogP contribution is -2.26. The fraction of sp³-hybridized carbons (Fsp3) is 0.462. The summed E-state index contributed by atoms with van der Waals surface area (Å²) in [7, 11) is 0. The molecule has 0 aromatic carbocycles. The van der Waals surface area contributed by atoms with Gasteiger partial charge < -0.3 is 5.32 Å². The van der Waals surface area contributed by atoms with Gasteiger partial charge in [0, 0.05) is 18.9 Å². The number of halogens is 1. The van der Waals surface area contributed by atoms with Crippen LogP contribution in [0.2, 0.25) is 5.02 Å². The molecule has 2 rings (SSSR count). The number of carbonyl (C=O) groups is 1. The van der Waals surface area contributed by atoms with Gasteiger partial charge in [0.25, 0.3) is 5.91 Å². The zero-order valence-corrected chi connectivity index (χ0v) is 12.7. The fourth-order valence-corrected chi connectivity index (χ4v) is 1.89. The summed E-state index contributed by atoms with van der Waals surface area (Å²) in [6, 6.07) is 0. The van der Waals surface area contributed by atoms with Gasteiger partial charge in [-0.25, -0.2) is 15.0 Å². The highest BCUT2D eigenvalue weighted by molar-refractivity contribution is 6.33. The summed E-state index contributed by atoms with van der Waals surface area (Å²) < 4.78 is 0. The number of amides is 1. The molecule has 1 amide bonds. The van der Waals surface area contributed by atoms with E-state index in [-0.39, 0.29) is 22.5 Å². The largest absolute Gasteiger partial charge is 0.351 e. The van der Waals surface area contributed by atoms with E-state index in [2.05, 4.69) is 30.5 Å². The van der Waals surface area contributed by atoms with Gasteiger partial charge in [-0.15, -0.1) is 0 Å². The number of nitrogens with zero attached hydrogens (tertiary/aromatic N) is 4. The first-order valence-corrected chi connectivity index (χ1v) is 7.10. The third-order valence-corrected chi connectivity index (χ3v) is 3.11. The van der Waals surface area contributed by atoms with E-state index in [1.54, 1.807) is 0 Å². The van der Waals surface area contributed by atoms with E-state index >= 15 is 0 Å². The molecule has 0 saturated carbocycles. The minimum atomic E-state index is -0.290. The molecule has 0 spiro atoms. The number of aromatic nitrogens is 5. The molecule has 0 aliphatic rings. The van der Waals surface area contributed by atoms with Gasteiger partial charge in [-0.3, -0.25) is 9.89 Å². The van der Waals surface area contributed by atoms with E-state index in [4.69, 9.17) is 11.6 Å². The lowest BCUT2D eigenvalue weighted by Gasteiger charge is -2.08. The Morgan fingerprint density at radius 3 is 2.90 bits per heavy atom. The highest BCUT2D eigenvalue weighted by Gasteiger charge is 2.15. The summed E-state index contributed by atoms with van der Waals surface area (Å²) in [5.41, 5.74) is 0.218. The number of H-pyrrole nitrogens is 1. The molecular weight excluding hydrogens is 292 g/mol. The van der Waals surface area contributed by atoms with Crippen LogP contribution < -0.4 is 5.32 Å². The van der Waals surface area contributed by atoms with Crippen molar-refractivity contribution in [3.63, 3.8) is 0 Å². The second-order valence-electron chi connectivity index (χ2n) is 4.87. The second kappa shape index (κ2) is 7.12. The van der Waals surface area contributed by atoms with Crippen molar-refractivity contribution in [2.24, 2.45) is 0 Å². The van der Waals surface area contributed by atoms with E-state index < -0.39 is 0 Å². The van der Waals surface area contributed by atoms with Gasteiger partial charge in [0.15, 0.2) is 0 Å². The van der Waals surface area contributed by atoms with E-state index in [1.165, 1.54) is 12.5 Å². The Labute approximate surface area is 127 Å². The molecule has 0 unspecified atom stereocenters. The van der Waals surface area contributed by atoms with E-state index in [0.29, 0.717) is 12.4 Å². The van der Waals surface area contributed by atoms with Crippen molar-refractivity contribution >= 4 is 17.5 Å². The fourth-order valence-electron chi connectivity index (χ4n) is 1.71. The van der Waals surface area contributed by atoms with Gasteiger partial charge in [0.1, 0.15) is 23.7 Å². The Kier molecular flexibility index (Phi) is 5.21. The van der Waals surface area contributed by atoms with Crippen LogP contribution in [0.1, 0.15) is 48.3 Å². The lowest BCUT2D eigenvalue weighted by molar-refractivity contribution is 0.0948. The molecule has 0 saturated heterocycles. The average molecular weight is 309 g/mol. The molecule has 0 bridgehead atoms. The molecule has 2 aromatic heterocycles. The van der Waals surface area contributed by atoms with Crippen LogP contribution in [0.4, 0.5) is 0 Å². The van der Waals surface area contributed by atoms with E-state index in [9.17, 15) is 4.79 Å². The van der Waals surface area contributed by atoms with Crippen molar-refractivity contribution in [1.29, 1.82) is 0 Å². The maximum atomic E-state index is 12.1. The second-order valence-corrected chi connectivity index (χ2v) is 5.28. The minimum absolute atomic E-state index is 0.139. The number of hydrogen-bond donors (Lipinski definition) is 2. The van der Waals surface area contributed by atoms with Crippen LogP contribution in [0.3, 0.4) is 0 Å². The summed E-state index contributed by atoms with van der Waals surface area (Å²) in [6.45, 7) is 4.43. The Balaban J connectivity index is 1.89. The topological polar surface area (TPSA) is 96.5 Å². The molecule has 112 valence electrons. The molecule has 7 nitrogen and oxygen atoms in total. The quantitative estimate of drug-likeness (QED) is 0.792. The molecule has 0 aliphatic carbocycles. The predicted octanol–water partition coefficient (Wildman–Crippen LogP) is 1.73. The highest BCUT2D eigenvalue weighted by Crippen LogP contribution is 2.16. The summed E-state index contributed by atoms with van der Waals surface area (Å²) in [5.74, 6) is 1.25. The van der Waals surface area contributed by atoms with Crippen LogP contribution >= 0.6 is 11.6 Å². The van der Waals surface area contributed by atoms with Crippen LogP contribution in [0.15, 0.2) is 12.5 Å². The van der Waals surface area contributed by atoms with Crippen molar-refractivity contribution in [2.75, 3.05) is 6.54 Å². The SMILES string of the molecule is CC(C)c1ncc(Cl)c(C(=O)NCCCc2ncn[nH]2)n1. The third-order valence-electron chi connectivity index (χ3n) is 2.84. The number of hydrogen-bond acceptors (Lipinski definition) is 5. The van der Waals surface area contributed by atoms with Crippen molar-refractivity contribution in [3.8, 4) is 0 Å². The van der Waals surface area contributed by atoms with Crippen LogP contribution in [0, 0.1) is 0 Å². The highest BCUT2D eigenvalue weighted by atomic mass is 35.5. The monoisotopic (exact) mass is 308 g/mol. The maximum Gasteiger partial charge on any atom is 0.271 e. The van der Waals surface area contributed by atoms with Crippen LogP contribution in [0.25, 0.3) is 0 Å². The molecule has 2 heterocycles.